The van der Waals surface area contributed by atoms with Crippen molar-refractivity contribution >= 4 is 18.0 Å². The minimum atomic E-state index is -4.46. The molecule has 6 nitrogen and oxygen atoms in total. The molecule has 0 fully saturated rings. The molecule has 9 heteroatoms. The molecule has 0 aliphatic rings. The number of anilines is 1. The van der Waals surface area contributed by atoms with Gasteiger partial charge in [-0.15, -0.1) is 5.10 Å². The largest absolute Gasteiger partial charge is 0.417 e. The molecule has 0 saturated carbocycles. The highest BCUT2D eigenvalue weighted by Gasteiger charge is 2.32. The number of rotatable bonds is 4. The molecule has 0 aliphatic heterocycles. The molecular formula is C16H17F3N6. The molecule has 25 heavy (non-hydrogen) atoms. The van der Waals surface area contributed by atoms with Crippen molar-refractivity contribution in [3.63, 3.8) is 0 Å². The second-order valence-corrected chi connectivity index (χ2v) is 5.38. The number of pyridine rings is 1. The van der Waals surface area contributed by atoms with E-state index in [0.29, 0.717) is 22.5 Å². The molecule has 0 spiro atoms. The van der Waals surface area contributed by atoms with Crippen molar-refractivity contribution in [2.45, 2.75) is 6.18 Å². The highest BCUT2D eigenvalue weighted by Crippen LogP contribution is 2.35. The van der Waals surface area contributed by atoms with E-state index in [4.69, 9.17) is 11.5 Å². The number of nitrogens with two attached hydrogens (primary N) is 2. The van der Waals surface area contributed by atoms with E-state index >= 15 is 0 Å². The number of hydrogen-bond donors (Lipinski definition) is 2. The summed E-state index contributed by atoms with van der Waals surface area (Å²) in [6, 6.07) is 7.84. The van der Waals surface area contributed by atoms with Crippen LogP contribution in [0.4, 0.5) is 19.0 Å². The lowest BCUT2D eigenvalue weighted by atomic mass is 10.0. The predicted octanol–water partition coefficient (Wildman–Crippen LogP) is 2.44. The molecule has 2 aromatic rings. The highest BCUT2D eigenvalue weighted by molar-refractivity contribution is 5.83. The Labute approximate surface area is 142 Å². The summed E-state index contributed by atoms with van der Waals surface area (Å²) >= 11 is 0. The van der Waals surface area contributed by atoms with Gasteiger partial charge in [0.15, 0.2) is 0 Å². The van der Waals surface area contributed by atoms with Gasteiger partial charge in [-0.2, -0.15) is 18.3 Å². The molecule has 1 aromatic carbocycles. The Morgan fingerprint density at radius 3 is 2.32 bits per heavy atom. The Bertz CT molecular complexity index is 791. The van der Waals surface area contributed by atoms with Crippen molar-refractivity contribution in [1.29, 1.82) is 0 Å². The van der Waals surface area contributed by atoms with Crippen molar-refractivity contribution < 1.29 is 13.2 Å². The number of benzene rings is 1. The summed E-state index contributed by atoms with van der Waals surface area (Å²) in [5.41, 5.74) is 11.2. The van der Waals surface area contributed by atoms with E-state index in [9.17, 15) is 13.2 Å². The quantitative estimate of drug-likeness (QED) is 0.503. The van der Waals surface area contributed by atoms with Crippen molar-refractivity contribution in [1.82, 2.24) is 4.98 Å². The first kappa shape index (κ1) is 18.2. The molecule has 132 valence electrons. The number of hydrogen-bond acceptors (Lipinski definition) is 4. The van der Waals surface area contributed by atoms with Gasteiger partial charge in [-0.3, -0.25) is 0 Å². The van der Waals surface area contributed by atoms with E-state index in [1.54, 1.807) is 43.3 Å². The van der Waals surface area contributed by atoms with Gasteiger partial charge in [0.1, 0.15) is 5.82 Å². The Morgan fingerprint density at radius 1 is 1.16 bits per heavy atom. The zero-order chi connectivity index (χ0) is 18.6. The Balaban J connectivity index is 2.42. The normalized spacial score (nSPS) is 11.6. The monoisotopic (exact) mass is 350 g/mol. The maximum absolute atomic E-state index is 13.0. The third kappa shape index (κ3) is 4.69. The van der Waals surface area contributed by atoms with Gasteiger partial charge in [-0.05, 0) is 17.2 Å². The van der Waals surface area contributed by atoms with Crippen molar-refractivity contribution in [2.24, 2.45) is 21.7 Å². The van der Waals surface area contributed by atoms with Crippen LogP contribution in [-0.2, 0) is 6.18 Å². The minimum absolute atomic E-state index is 0.168. The fourth-order valence-electron chi connectivity index (χ4n) is 2.09. The SMILES string of the molecule is CN(C)c1ncc(C(F)(F)F)cc1-c1ccc(C=NN=C(N)N)cc1. The molecule has 0 saturated heterocycles. The summed E-state index contributed by atoms with van der Waals surface area (Å²) in [4.78, 5) is 5.60. The van der Waals surface area contributed by atoms with Crippen LogP contribution >= 0.6 is 0 Å². The molecule has 0 atom stereocenters. The summed E-state index contributed by atoms with van der Waals surface area (Å²) < 4.78 is 38.9. The zero-order valence-corrected chi connectivity index (χ0v) is 13.6. The summed E-state index contributed by atoms with van der Waals surface area (Å²) in [5.74, 6) is 0.272. The molecule has 0 unspecified atom stereocenters. The number of nitrogens with zero attached hydrogens (tertiary/aromatic N) is 4. The van der Waals surface area contributed by atoms with Gasteiger partial charge < -0.3 is 16.4 Å². The highest BCUT2D eigenvalue weighted by atomic mass is 19.4. The van der Waals surface area contributed by atoms with Gasteiger partial charge in [0.2, 0.25) is 5.96 Å². The van der Waals surface area contributed by atoms with Crippen molar-refractivity contribution in [2.75, 3.05) is 19.0 Å². The molecular weight excluding hydrogens is 333 g/mol. The lowest BCUT2D eigenvalue weighted by Crippen LogP contribution is -2.21. The molecule has 2 rings (SSSR count). The average Bonchev–Trinajstić information content (AvgIpc) is 2.53. The standard InChI is InChI=1S/C16H17F3N6/c1-25(2)14-13(7-12(9-22-14)16(17,18)19)11-5-3-10(4-6-11)8-23-24-15(20)21/h3-9H,1-2H3,(H4,20,21,24). The average molecular weight is 350 g/mol. The second kappa shape index (κ2) is 7.20. The lowest BCUT2D eigenvalue weighted by Gasteiger charge is -2.18. The van der Waals surface area contributed by atoms with E-state index in [1.165, 1.54) is 6.21 Å². The topological polar surface area (TPSA) is 92.9 Å². The van der Waals surface area contributed by atoms with Gasteiger partial charge in [-0.1, -0.05) is 24.3 Å². The smallest absolute Gasteiger partial charge is 0.369 e. The van der Waals surface area contributed by atoms with Crippen LogP contribution in [0.15, 0.2) is 46.7 Å². The number of alkyl halides is 3. The number of guanidine groups is 1. The molecule has 4 N–H and O–H groups in total. The van der Waals surface area contributed by atoms with Crippen LogP contribution in [0.3, 0.4) is 0 Å². The molecule has 0 radical (unpaired) electrons. The molecule has 0 bridgehead atoms. The zero-order valence-electron chi connectivity index (χ0n) is 13.6. The fraction of sp³-hybridized carbons (Fsp3) is 0.188. The third-order valence-electron chi connectivity index (χ3n) is 3.22. The minimum Gasteiger partial charge on any atom is -0.369 e. The van der Waals surface area contributed by atoms with Gasteiger partial charge >= 0.3 is 6.18 Å². The Hall–Kier alpha value is -3.10. The van der Waals surface area contributed by atoms with Crippen LogP contribution in [0.1, 0.15) is 11.1 Å². The van der Waals surface area contributed by atoms with Crippen LogP contribution in [0.5, 0.6) is 0 Å². The van der Waals surface area contributed by atoms with E-state index in [0.717, 1.165) is 12.3 Å². The summed E-state index contributed by atoms with van der Waals surface area (Å²) in [7, 11) is 3.44. The molecule has 1 heterocycles. The second-order valence-electron chi connectivity index (χ2n) is 5.38. The van der Waals surface area contributed by atoms with Gasteiger partial charge in [-0.25, -0.2) is 4.98 Å². The Kier molecular flexibility index (Phi) is 5.26. The van der Waals surface area contributed by atoms with Crippen LogP contribution in [0, 0.1) is 0 Å². The lowest BCUT2D eigenvalue weighted by molar-refractivity contribution is -0.137. The number of aromatic nitrogens is 1. The summed E-state index contributed by atoms with van der Waals surface area (Å²) in [5, 5.41) is 7.16. The van der Waals surface area contributed by atoms with E-state index in [2.05, 4.69) is 15.2 Å². The third-order valence-corrected chi connectivity index (χ3v) is 3.22. The number of halogens is 3. The van der Waals surface area contributed by atoms with E-state index in [1.807, 2.05) is 0 Å². The first-order valence-electron chi connectivity index (χ1n) is 7.15. The summed E-state index contributed by atoms with van der Waals surface area (Å²) in [6.45, 7) is 0. The van der Waals surface area contributed by atoms with Gasteiger partial charge in [0, 0.05) is 25.9 Å². The molecule has 1 aromatic heterocycles. The molecule has 0 amide bonds. The summed E-state index contributed by atoms with van der Waals surface area (Å²) in [6.07, 6.45) is -2.20. The van der Waals surface area contributed by atoms with E-state index < -0.39 is 11.7 Å². The fourth-order valence-corrected chi connectivity index (χ4v) is 2.09. The van der Waals surface area contributed by atoms with Gasteiger partial charge in [0.05, 0.1) is 11.8 Å². The van der Waals surface area contributed by atoms with Crippen LogP contribution in [0.2, 0.25) is 0 Å². The van der Waals surface area contributed by atoms with Gasteiger partial charge in [0.25, 0.3) is 0 Å². The maximum atomic E-state index is 13.0. The first-order valence-corrected chi connectivity index (χ1v) is 7.15. The predicted molar refractivity (Wildman–Crippen MR) is 92.4 cm³/mol. The van der Waals surface area contributed by atoms with Crippen molar-refractivity contribution in [3.05, 3.63) is 47.7 Å². The Morgan fingerprint density at radius 2 is 1.80 bits per heavy atom. The molecule has 0 aliphatic carbocycles. The maximum Gasteiger partial charge on any atom is 0.417 e. The van der Waals surface area contributed by atoms with Crippen LogP contribution in [0.25, 0.3) is 11.1 Å². The first-order chi connectivity index (χ1) is 11.7. The van der Waals surface area contributed by atoms with Crippen LogP contribution in [-0.4, -0.2) is 31.3 Å². The van der Waals surface area contributed by atoms with Crippen molar-refractivity contribution in [3.8, 4) is 11.1 Å². The van der Waals surface area contributed by atoms with Crippen LogP contribution < -0.4 is 16.4 Å². The van der Waals surface area contributed by atoms with E-state index in [-0.39, 0.29) is 5.96 Å².